The van der Waals surface area contributed by atoms with Crippen LogP contribution in [0.1, 0.15) is 92.9 Å². The minimum absolute atomic E-state index is 0.700. The molecule has 8 bridgehead atoms. The van der Waals surface area contributed by atoms with Gasteiger partial charge < -0.3 is 11.5 Å². The van der Waals surface area contributed by atoms with Gasteiger partial charge in [-0.05, 0) is 161 Å². The summed E-state index contributed by atoms with van der Waals surface area (Å²) in [4.78, 5) is 20.8. The molecule has 0 unspecified atom stereocenters. The van der Waals surface area contributed by atoms with E-state index in [1.807, 2.05) is 0 Å². The molecule has 4 N–H and O–H groups in total. The van der Waals surface area contributed by atoms with Crippen molar-refractivity contribution < 1.29 is 0 Å². The number of aliphatic imine (C=N–C) groups is 4. The summed E-state index contributed by atoms with van der Waals surface area (Å²) in [7, 11) is 0. The normalized spacial score (nSPS) is 20.2. The van der Waals surface area contributed by atoms with Crippen LogP contribution in [0.4, 0.5) is 0 Å². The molecule has 0 fully saturated rings. The van der Waals surface area contributed by atoms with Crippen LogP contribution < -0.4 is 11.5 Å². The van der Waals surface area contributed by atoms with E-state index in [-0.39, 0.29) is 0 Å². The number of unbranched alkanes of at least 4 members (excludes halogenated alkanes) is 2. The standard InChI is InChI=1S/C36H46N6/c1-7-25-21(3)29-17-30-23(5)27(13-9-11-15-37)35(41-30)20-36-28(14-10-12-16-38)24(6)32(42-36)19-34-26(8-2)22(4)31(40-34)18-33(25)39-29/h17-20H,7-16,37-38H2,1-6H3. The van der Waals surface area contributed by atoms with Gasteiger partial charge in [-0.1, -0.05) is 13.8 Å². The van der Waals surface area contributed by atoms with Gasteiger partial charge in [0.2, 0.25) is 0 Å². The summed E-state index contributed by atoms with van der Waals surface area (Å²) in [6, 6.07) is 0. The third-order valence-electron chi connectivity index (χ3n) is 9.11. The van der Waals surface area contributed by atoms with Crippen LogP contribution in [-0.4, -0.2) is 35.9 Å². The Morgan fingerprint density at radius 1 is 0.452 bits per heavy atom. The lowest BCUT2D eigenvalue weighted by Gasteiger charge is -2.08. The monoisotopic (exact) mass is 562 g/mol. The fourth-order valence-corrected chi connectivity index (χ4v) is 6.48. The lowest BCUT2D eigenvalue weighted by molar-refractivity contribution is 0.741. The van der Waals surface area contributed by atoms with Gasteiger partial charge in [0, 0.05) is 0 Å². The molecule has 5 rings (SSSR count). The Balaban J connectivity index is 1.74. The summed E-state index contributed by atoms with van der Waals surface area (Å²) in [5, 5.41) is 0. The lowest BCUT2D eigenvalue weighted by Crippen LogP contribution is -2.03. The van der Waals surface area contributed by atoms with Gasteiger partial charge in [0.05, 0.1) is 45.6 Å². The van der Waals surface area contributed by atoms with E-state index in [1.54, 1.807) is 0 Å². The van der Waals surface area contributed by atoms with E-state index in [2.05, 4.69) is 65.8 Å². The first-order chi connectivity index (χ1) is 20.3. The van der Waals surface area contributed by atoms with Crippen LogP contribution in [-0.2, 0) is 0 Å². The predicted octanol–water partition coefficient (Wildman–Crippen LogP) is 7.70. The molecule has 0 aromatic heterocycles. The minimum atomic E-state index is 0.700. The fourth-order valence-electron chi connectivity index (χ4n) is 6.48. The molecule has 220 valence electrons. The summed E-state index contributed by atoms with van der Waals surface area (Å²) < 4.78 is 0. The van der Waals surface area contributed by atoms with Crippen molar-refractivity contribution in [2.45, 2.75) is 92.9 Å². The second-order valence-corrected chi connectivity index (χ2v) is 11.7. The van der Waals surface area contributed by atoms with Gasteiger partial charge in [0.25, 0.3) is 0 Å². The summed E-state index contributed by atoms with van der Waals surface area (Å²) in [5.41, 5.74) is 29.8. The molecule has 6 nitrogen and oxygen atoms in total. The smallest absolute Gasteiger partial charge is 0.0694 e. The second-order valence-electron chi connectivity index (χ2n) is 11.7. The van der Waals surface area contributed by atoms with Crippen LogP contribution in [0.15, 0.2) is 112 Å². The first-order valence-electron chi connectivity index (χ1n) is 15.7. The van der Waals surface area contributed by atoms with Crippen LogP contribution in [0, 0.1) is 0 Å². The number of hydrogen-bond donors (Lipinski definition) is 2. The molecule has 0 amide bonds. The fraction of sp³-hybridized carbons (Fsp3) is 0.444. The van der Waals surface area contributed by atoms with Gasteiger partial charge in [-0.25, -0.2) is 20.0 Å². The maximum Gasteiger partial charge on any atom is 0.0694 e. The molecule has 0 radical (unpaired) electrons. The highest BCUT2D eigenvalue weighted by Crippen LogP contribution is 2.38. The Kier molecular flexibility index (Phi) is 9.14. The molecule has 0 aliphatic carbocycles. The largest absolute Gasteiger partial charge is 0.330 e. The summed E-state index contributed by atoms with van der Waals surface area (Å²) in [5.74, 6) is 0. The molecular formula is C36H46N6. The molecule has 0 atom stereocenters. The Morgan fingerprint density at radius 3 is 1.31 bits per heavy atom. The number of fused-ring (bicyclic) bond motifs is 4. The van der Waals surface area contributed by atoms with Crippen LogP contribution in [0.25, 0.3) is 0 Å². The minimum Gasteiger partial charge on any atom is -0.330 e. The predicted molar refractivity (Wildman–Crippen MR) is 179 cm³/mol. The van der Waals surface area contributed by atoms with Crippen LogP contribution in [0.3, 0.4) is 0 Å². The van der Waals surface area contributed by atoms with Gasteiger partial charge in [-0.2, -0.15) is 0 Å². The number of hydrogen-bond acceptors (Lipinski definition) is 6. The highest BCUT2D eigenvalue weighted by atomic mass is 14.9. The Hall–Kier alpha value is -3.48. The molecule has 6 heteroatoms. The Labute approximate surface area is 251 Å². The number of nitrogens with zero attached hydrogens (tertiary/aromatic N) is 4. The van der Waals surface area contributed by atoms with Gasteiger partial charge in [0.15, 0.2) is 0 Å². The Bertz CT molecular complexity index is 1570. The van der Waals surface area contributed by atoms with Gasteiger partial charge in [-0.3, -0.25) is 0 Å². The van der Waals surface area contributed by atoms with Crippen molar-refractivity contribution in [2.24, 2.45) is 31.4 Å². The van der Waals surface area contributed by atoms with E-state index in [1.165, 1.54) is 44.6 Å². The lowest BCUT2D eigenvalue weighted by atomic mass is 9.95. The quantitative estimate of drug-likeness (QED) is 0.267. The van der Waals surface area contributed by atoms with Gasteiger partial charge in [-0.15, -0.1) is 0 Å². The van der Waals surface area contributed by atoms with Crippen LogP contribution in [0.2, 0.25) is 0 Å². The zero-order valence-corrected chi connectivity index (χ0v) is 26.3. The van der Waals surface area contributed by atoms with E-state index in [4.69, 9.17) is 31.4 Å². The highest BCUT2D eigenvalue weighted by molar-refractivity contribution is 6.20. The van der Waals surface area contributed by atoms with E-state index < -0.39 is 0 Å². The van der Waals surface area contributed by atoms with Crippen molar-refractivity contribution in [3.8, 4) is 0 Å². The van der Waals surface area contributed by atoms with Crippen molar-refractivity contribution in [3.63, 3.8) is 0 Å². The second kappa shape index (κ2) is 12.8. The van der Waals surface area contributed by atoms with Crippen molar-refractivity contribution >= 4 is 22.8 Å². The summed E-state index contributed by atoms with van der Waals surface area (Å²) >= 11 is 0. The summed E-state index contributed by atoms with van der Waals surface area (Å²) in [6.07, 6.45) is 16.6. The van der Waals surface area contributed by atoms with Crippen molar-refractivity contribution in [3.05, 3.63) is 91.7 Å². The molecular weight excluding hydrogens is 516 g/mol. The van der Waals surface area contributed by atoms with Crippen LogP contribution in [0.5, 0.6) is 0 Å². The van der Waals surface area contributed by atoms with E-state index in [9.17, 15) is 0 Å². The molecule has 0 spiro atoms. The number of rotatable bonds is 10. The molecule has 0 saturated heterocycles. The first kappa shape index (κ1) is 30.0. The first-order valence-corrected chi connectivity index (χ1v) is 15.7. The number of nitrogens with two attached hydrogens (primary N) is 2. The molecule has 0 saturated carbocycles. The molecule has 5 aliphatic heterocycles. The zero-order chi connectivity index (χ0) is 30.0. The Morgan fingerprint density at radius 2 is 0.833 bits per heavy atom. The third kappa shape index (κ3) is 5.62. The molecule has 0 aromatic rings. The van der Waals surface area contributed by atoms with Crippen molar-refractivity contribution in [2.75, 3.05) is 13.1 Å². The average Bonchev–Trinajstić information content (AvgIpc) is 3.63. The topological polar surface area (TPSA) is 101 Å². The van der Waals surface area contributed by atoms with Crippen LogP contribution >= 0.6 is 0 Å². The maximum absolute atomic E-state index is 5.87. The van der Waals surface area contributed by atoms with E-state index >= 15 is 0 Å². The maximum atomic E-state index is 5.87. The molecule has 0 aromatic carbocycles. The highest BCUT2D eigenvalue weighted by Gasteiger charge is 2.28. The average molecular weight is 563 g/mol. The van der Waals surface area contributed by atoms with Gasteiger partial charge in [0.1, 0.15) is 0 Å². The van der Waals surface area contributed by atoms with Gasteiger partial charge >= 0.3 is 0 Å². The van der Waals surface area contributed by atoms with E-state index in [0.29, 0.717) is 13.1 Å². The molecule has 5 aliphatic rings. The zero-order valence-electron chi connectivity index (χ0n) is 26.3. The summed E-state index contributed by atoms with van der Waals surface area (Å²) in [6.45, 7) is 14.6. The van der Waals surface area contributed by atoms with Crippen molar-refractivity contribution in [1.82, 2.24) is 0 Å². The van der Waals surface area contributed by atoms with Crippen molar-refractivity contribution in [1.29, 1.82) is 0 Å². The van der Waals surface area contributed by atoms with E-state index in [0.717, 1.165) is 97.0 Å². The molecule has 42 heavy (non-hydrogen) atoms. The third-order valence-corrected chi connectivity index (χ3v) is 9.11. The number of allylic oxidation sites excluding steroid dienone is 12. The SMILES string of the molecule is CCC1=C(C)C2=CC3=NC(=CC4=NC(=CC5=NC(=CC1=N2)C(C)=C5CC)C(C)=C4CCCCN)C(CCCCN)=C3C. The molecule has 5 heterocycles.